The van der Waals surface area contributed by atoms with Crippen molar-refractivity contribution in [2.24, 2.45) is 0 Å². The lowest BCUT2D eigenvalue weighted by Gasteiger charge is -2.14. The molecular weight excluding hydrogens is 266 g/mol. The summed E-state index contributed by atoms with van der Waals surface area (Å²) in [6.45, 7) is 4.69. The third-order valence-corrected chi connectivity index (χ3v) is 4.10. The first-order chi connectivity index (χ1) is 9.08. The van der Waals surface area contributed by atoms with E-state index in [2.05, 4.69) is 14.9 Å². The van der Waals surface area contributed by atoms with Crippen molar-refractivity contribution in [2.75, 3.05) is 25.4 Å². The molecule has 1 saturated heterocycles. The van der Waals surface area contributed by atoms with Gasteiger partial charge in [0.2, 0.25) is 0 Å². The van der Waals surface area contributed by atoms with Crippen molar-refractivity contribution in [3.05, 3.63) is 21.7 Å². The fourth-order valence-electron chi connectivity index (χ4n) is 2.19. The first-order valence-corrected chi connectivity index (χ1v) is 7.26. The normalized spacial score (nSPS) is 15.8. The van der Waals surface area contributed by atoms with Crippen molar-refractivity contribution in [3.8, 4) is 0 Å². The average molecular weight is 283 g/mol. The van der Waals surface area contributed by atoms with E-state index in [1.807, 2.05) is 0 Å². The Balaban J connectivity index is 2.05. The van der Waals surface area contributed by atoms with Gasteiger partial charge in [-0.15, -0.1) is 11.8 Å². The lowest BCUT2D eigenvalue weighted by Crippen LogP contribution is -2.23. The monoisotopic (exact) mass is 283 g/mol. The Hall–Kier alpha value is -1.34. The number of carboxylic acid groups (broad SMARTS) is 1. The van der Waals surface area contributed by atoms with Crippen LogP contribution >= 0.6 is 11.8 Å². The van der Waals surface area contributed by atoms with Crippen molar-refractivity contribution in [1.29, 1.82) is 0 Å². The fourth-order valence-corrected chi connectivity index (χ4v) is 3.27. The molecule has 1 aliphatic heterocycles. The first-order valence-electron chi connectivity index (χ1n) is 6.27. The van der Waals surface area contributed by atoms with Crippen LogP contribution in [0.25, 0.3) is 0 Å². The molecule has 1 aliphatic rings. The number of thioether (sulfide) groups is 1. The van der Waals surface area contributed by atoms with Gasteiger partial charge in [0.25, 0.3) is 0 Å². The molecule has 0 saturated carbocycles. The van der Waals surface area contributed by atoms with Crippen molar-refractivity contribution in [2.45, 2.75) is 24.8 Å². The number of aromatic nitrogens is 2. The predicted octanol–water partition coefficient (Wildman–Crippen LogP) is 0.964. The van der Waals surface area contributed by atoms with Crippen LogP contribution in [0.2, 0.25) is 0 Å². The molecule has 19 heavy (non-hydrogen) atoms. The minimum absolute atomic E-state index is 0.103. The molecule has 2 heterocycles. The van der Waals surface area contributed by atoms with Gasteiger partial charge in [-0.3, -0.25) is 0 Å². The van der Waals surface area contributed by atoms with Gasteiger partial charge >= 0.3 is 11.7 Å². The van der Waals surface area contributed by atoms with Gasteiger partial charge in [0.1, 0.15) is 10.6 Å². The number of aromatic carboxylic acids is 1. The number of carbonyl (C=O) groups is 1. The Morgan fingerprint density at radius 3 is 2.79 bits per heavy atom. The van der Waals surface area contributed by atoms with Crippen LogP contribution in [0.15, 0.2) is 9.82 Å². The van der Waals surface area contributed by atoms with E-state index in [4.69, 9.17) is 5.11 Å². The van der Waals surface area contributed by atoms with Crippen LogP contribution in [0, 0.1) is 6.92 Å². The van der Waals surface area contributed by atoms with Gasteiger partial charge in [-0.2, -0.15) is 4.98 Å². The molecule has 1 aromatic rings. The van der Waals surface area contributed by atoms with E-state index < -0.39 is 11.7 Å². The zero-order valence-electron chi connectivity index (χ0n) is 10.8. The van der Waals surface area contributed by atoms with Gasteiger partial charge in [0.05, 0.1) is 0 Å². The van der Waals surface area contributed by atoms with Crippen LogP contribution < -0.4 is 5.69 Å². The maximum absolute atomic E-state index is 11.3. The number of rotatable bonds is 5. The molecule has 0 unspecified atom stereocenters. The fraction of sp³-hybridized carbons (Fsp3) is 0.583. The van der Waals surface area contributed by atoms with Crippen molar-refractivity contribution < 1.29 is 9.90 Å². The standard InChI is InChI=1S/C12H17N3O3S/c1-8-9(11(16)17)10(14-12(18)13-8)19-7-6-15-4-2-3-5-15/h2-7H2,1H3,(H,16,17)(H,13,14,18). The second-order valence-electron chi connectivity index (χ2n) is 4.55. The van der Waals surface area contributed by atoms with Gasteiger partial charge in [-0.1, -0.05) is 0 Å². The van der Waals surface area contributed by atoms with Crippen molar-refractivity contribution in [3.63, 3.8) is 0 Å². The molecule has 0 atom stereocenters. The molecular formula is C12H17N3O3S. The molecule has 104 valence electrons. The molecule has 6 nitrogen and oxygen atoms in total. The summed E-state index contributed by atoms with van der Waals surface area (Å²) in [7, 11) is 0. The van der Waals surface area contributed by atoms with Crippen LogP contribution in [-0.4, -0.2) is 51.3 Å². The van der Waals surface area contributed by atoms with E-state index in [0.717, 1.165) is 25.4 Å². The SMILES string of the molecule is Cc1[nH]c(=O)nc(SCCN2CCCC2)c1C(=O)O. The van der Waals surface area contributed by atoms with Crippen LogP contribution in [0.1, 0.15) is 28.9 Å². The summed E-state index contributed by atoms with van der Waals surface area (Å²) in [5, 5.41) is 9.48. The maximum Gasteiger partial charge on any atom is 0.346 e. The predicted molar refractivity (Wildman–Crippen MR) is 73.0 cm³/mol. The first kappa shape index (κ1) is 14.1. The second kappa shape index (κ2) is 6.21. The van der Waals surface area contributed by atoms with Gasteiger partial charge in [-0.05, 0) is 32.9 Å². The Bertz CT molecular complexity index is 523. The number of carboxylic acids is 1. The Kier molecular flexibility index (Phi) is 4.60. The summed E-state index contributed by atoms with van der Waals surface area (Å²) in [5.41, 5.74) is -0.0339. The smallest absolute Gasteiger partial charge is 0.346 e. The molecule has 0 bridgehead atoms. The summed E-state index contributed by atoms with van der Waals surface area (Å²) >= 11 is 1.34. The Morgan fingerprint density at radius 2 is 2.16 bits per heavy atom. The lowest BCUT2D eigenvalue weighted by atomic mass is 10.2. The third kappa shape index (κ3) is 3.57. The molecule has 2 rings (SSSR count). The average Bonchev–Trinajstić information content (AvgIpc) is 2.80. The van der Waals surface area contributed by atoms with Gasteiger partial charge in [0, 0.05) is 18.0 Å². The van der Waals surface area contributed by atoms with E-state index in [-0.39, 0.29) is 5.56 Å². The minimum Gasteiger partial charge on any atom is -0.478 e. The molecule has 0 spiro atoms. The number of aryl methyl sites for hydroxylation is 1. The molecule has 0 amide bonds. The van der Waals surface area contributed by atoms with E-state index in [1.54, 1.807) is 6.92 Å². The number of likely N-dealkylation sites (tertiary alicyclic amines) is 1. The summed E-state index contributed by atoms with van der Waals surface area (Å²) in [5.74, 6) is -0.305. The van der Waals surface area contributed by atoms with Crippen LogP contribution in [0.4, 0.5) is 0 Å². The van der Waals surface area contributed by atoms with Gasteiger partial charge < -0.3 is 15.0 Å². The summed E-state index contributed by atoms with van der Waals surface area (Å²) in [4.78, 5) is 31.0. The number of hydrogen-bond donors (Lipinski definition) is 2. The molecule has 0 aliphatic carbocycles. The zero-order chi connectivity index (χ0) is 13.8. The Morgan fingerprint density at radius 1 is 1.47 bits per heavy atom. The van der Waals surface area contributed by atoms with E-state index >= 15 is 0 Å². The highest BCUT2D eigenvalue weighted by atomic mass is 32.2. The molecule has 7 heteroatoms. The van der Waals surface area contributed by atoms with Crippen LogP contribution in [0.3, 0.4) is 0 Å². The summed E-state index contributed by atoms with van der Waals surface area (Å²) in [6, 6.07) is 0. The van der Waals surface area contributed by atoms with E-state index in [0.29, 0.717) is 10.7 Å². The number of hydrogen-bond acceptors (Lipinski definition) is 5. The number of nitrogens with zero attached hydrogens (tertiary/aromatic N) is 2. The highest BCUT2D eigenvalue weighted by molar-refractivity contribution is 7.99. The quantitative estimate of drug-likeness (QED) is 0.618. The summed E-state index contributed by atoms with van der Waals surface area (Å²) < 4.78 is 0. The number of aromatic amines is 1. The molecule has 0 aromatic carbocycles. The second-order valence-corrected chi connectivity index (χ2v) is 5.63. The highest BCUT2D eigenvalue weighted by Gasteiger charge is 2.17. The van der Waals surface area contributed by atoms with Crippen LogP contribution in [0.5, 0.6) is 0 Å². The molecule has 2 N–H and O–H groups in total. The van der Waals surface area contributed by atoms with E-state index in [9.17, 15) is 9.59 Å². The zero-order valence-corrected chi connectivity index (χ0v) is 11.6. The van der Waals surface area contributed by atoms with Crippen LogP contribution in [-0.2, 0) is 0 Å². The number of H-pyrrole nitrogens is 1. The van der Waals surface area contributed by atoms with Gasteiger partial charge in [0.15, 0.2) is 0 Å². The largest absolute Gasteiger partial charge is 0.478 e. The van der Waals surface area contributed by atoms with Gasteiger partial charge in [-0.25, -0.2) is 9.59 Å². The lowest BCUT2D eigenvalue weighted by molar-refractivity contribution is 0.0690. The topological polar surface area (TPSA) is 86.3 Å². The molecule has 0 radical (unpaired) electrons. The summed E-state index contributed by atoms with van der Waals surface area (Å²) in [6.07, 6.45) is 2.46. The maximum atomic E-state index is 11.3. The van der Waals surface area contributed by atoms with Crippen molar-refractivity contribution in [1.82, 2.24) is 14.9 Å². The number of nitrogens with one attached hydrogen (secondary N) is 1. The highest BCUT2D eigenvalue weighted by Crippen LogP contribution is 2.21. The van der Waals surface area contributed by atoms with Crippen molar-refractivity contribution >= 4 is 17.7 Å². The minimum atomic E-state index is -1.05. The molecule has 1 fully saturated rings. The van der Waals surface area contributed by atoms with E-state index in [1.165, 1.54) is 24.6 Å². The Labute approximate surface area is 115 Å². The third-order valence-electron chi connectivity index (χ3n) is 3.15. The molecule has 1 aromatic heterocycles.